The number of nitrogens with one attached hydrogen (secondary N) is 2. The van der Waals surface area contributed by atoms with Crippen LogP contribution in [0.3, 0.4) is 0 Å². The summed E-state index contributed by atoms with van der Waals surface area (Å²) in [5, 5.41) is 6.09. The molecule has 0 radical (unpaired) electrons. The van der Waals surface area contributed by atoms with Crippen molar-refractivity contribution < 1.29 is 18.8 Å². The molecule has 2 aliphatic heterocycles. The van der Waals surface area contributed by atoms with Gasteiger partial charge in [-0.15, -0.1) is 0 Å². The molecule has 1 aromatic carbocycles. The molecule has 8 nitrogen and oxygen atoms in total. The molecule has 1 aromatic heterocycles. The molecule has 2 N–H and O–H groups in total. The summed E-state index contributed by atoms with van der Waals surface area (Å²) < 4.78 is 5.19. The number of halogens is 1. The Hall–Kier alpha value is -3.26. The lowest BCUT2D eigenvalue weighted by Crippen LogP contribution is -2.45. The van der Waals surface area contributed by atoms with Crippen LogP contribution in [-0.4, -0.2) is 47.8 Å². The quantitative estimate of drug-likeness (QED) is 0.738. The van der Waals surface area contributed by atoms with E-state index in [1.807, 2.05) is 6.07 Å². The van der Waals surface area contributed by atoms with Gasteiger partial charge in [0.15, 0.2) is 0 Å². The Morgan fingerprint density at radius 1 is 1.27 bits per heavy atom. The highest BCUT2D eigenvalue weighted by molar-refractivity contribution is 6.31. The highest BCUT2D eigenvalue weighted by atomic mass is 35.5. The highest BCUT2D eigenvalue weighted by Gasteiger charge is 2.43. The summed E-state index contributed by atoms with van der Waals surface area (Å²) >= 11 is 6.32. The van der Waals surface area contributed by atoms with Gasteiger partial charge in [-0.05, 0) is 23.8 Å². The average molecular weight is 429 g/mol. The third-order valence-electron chi connectivity index (χ3n) is 5.30. The van der Waals surface area contributed by atoms with Gasteiger partial charge in [-0.1, -0.05) is 29.8 Å². The standard InChI is InChI=1S/C21H21ClN4O4/c1-25-16-12-26(9-8-17(27)23-11-13-5-4-10-30-13)20(28)18(16)19(24-21(25)29)14-6-2-3-7-15(14)22/h2-7,10,19H,8-9,11-12H2,1H3,(H,23,27)(H,24,29)/t19-/m1/s1. The fraction of sp³-hybridized carbons (Fsp3) is 0.286. The molecule has 9 heteroatoms. The third kappa shape index (κ3) is 3.78. The predicted octanol–water partition coefficient (Wildman–Crippen LogP) is 2.43. The first kappa shape index (κ1) is 20.0. The van der Waals surface area contributed by atoms with E-state index in [1.54, 1.807) is 48.5 Å². The number of furan rings is 1. The van der Waals surface area contributed by atoms with Crippen molar-refractivity contribution in [3.8, 4) is 0 Å². The van der Waals surface area contributed by atoms with Crippen LogP contribution in [0.25, 0.3) is 0 Å². The van der Waals surface area contributed by atoms with Gasteiger partial charge in [0.25, 0.3) is 5.91 Å². The molecule has 2 aliphatic rings. The van der Waals surface area contributed by atoms with E-state index in [9.17, 15) is 14.4 Å². The zero-order chi connectivity index (χ0) is 21.3. The van der Waals surface area contributed by atoms with E-state index in [0.29, 0.717) is 34.2 Å². The van der Waals surface area contributed by atoms with Crippen LogP contribution in [-0.2, 0) is 16.1 Å². The van der Waals surface area contributed by atoms with Crippen LogP contribution in [0, 0.1) is 0 Å². The number of amides is 4. The largest absolute Gasteiger partial charge is 0.467 e. The molecule has 0 bridgehead atoms. The van der Waals surface area contributed by atoms with E-state index >= 15 is 0 Å². The van der Waals surface area contributed by atoms with E-state index in [4.69, 9.17) is 16.0 Å². The summed E-state index contributed by atoms with van der Waals surface area (Å²) in [7, 11) is 1.63. The Morgan fingerprint density at radius 2 is 2.07 bits per heavy atom. The molecule has 3 heterocycles. The van der Waals surface area contributed by atoms with Crippen molar-refractivity contribution in [2.24, 2.45) is 0 Å². The van der Waals surface area contributed by atoms with Gasteiger partial charge in [0.1, 0.15) is 5.76 Å². The minimum absolute atomic E-state index is 0.148. The molecular weight excluding hydrogens is 408 g/mol. The SMILES string of the molecule is CN1C(=O)N[C@H](c2ccccc2Cl)C2=C1CN(CCC(=O)NCc1ccco1)C2=O. The van der Waals surface area contributed by atoms with Gasteiger partial charge < -0.3 is 20.0 Å². The topological polar surface area (TPSA) is 94.9 Å². The van der Waals surface area contributed by atoms with E-state index in [2.05, 4.69) is 10.6 Å². The molecule has 156 valence electrons. The Morgan fingerprint density at radius 3 is 2.80 bits per heavy atom. The lowest BCUT2D eigenvalue weighted by molar-refractivity contribution is -0.127. The number of rotatable bonds is 6. The number of hydrogen-bond donors (Lipinski definition) is 2. The summed E-state index contributed by atoms with van der Waals surface area (Å²) in [4.78, 5) is 40.8. The van der Waals surface area contributed by atoms with Gasteiger partial charge in [-0.2, -0.15) is 0 Å². The monoisotopic (exact) mass is 428 g/mol. The minimum Gasteiger partial charge on any atom is -0.467 e. The Bertz CT molecular complexity index is 1020. The van der Waals surface area contributed by atoms with Crippen LogP contribution >= 0.6 is 11.6 Å². The second-order valence-electron chi connectivity index (χ2n) is 7.16. The molecule has 2 aromatic rings. The summed E-state index contributed by atoms with van der Waals surface area (Å²) in [6.07, 6.45) is 1.69. The van der Waals surface area contributed by atoms with Crippen LogP contribution in [0.5, 0.6) is 0 Å². The predicted molar refractivity (Wildman–Crippen MR) is 109 cm³/mol. The van der Waals surface area contributed by atoms with Crippen molar-refractivity contribution in [3.63, 3.8) is 0 Å². The number of carbonyl (C=O) groups is 3. The normalized spacial score (nSPS) is 18.5. The molecular formula is C21H21ClN4O4. The second-order valence-corrected chi connectivity index (χ2v) is 7.56. The van der Waals surface area contributed by atoms with E-state index in [-0.39, 0.29) is 37.4 Å². The van der Waals surface area contributed by atoms with Crippen molar-refractivity contribution in [1.82, 2.24) is 20.4 Å². The Balaban J connectivity index is 1.46. The molecule has 0 saturated heterocycles. The Labute approximate surface area is 178 Å². The maximum absolute atomic E-state index is 13.1. The molecule has 0 saturated carbocycles. The van der Waals surface area contributed by atoms with Crippen LogP contribution < -0.4 is 10.6 Å². The number of hydrogen-bond acceptors (Lipinski definition) is 4. The number of benzene rings is 1. The Kier molecular flexibility index (Phi) is 5.50. The molecule has 0 spiro atoms. The first-order valence-electron chi connectivity index (χ1n) is 9.55. The summed E-state index contributed by atoms with van der Waals surface area (Å²) in [6, 6.07) is 9.73. The fourth-order valence-corrected chi connectivity index (χ4v) is 3.92. The lowest BCUT2D eigenvalue weighted by atomic mass is 9.95. The third-order valence-corrected chi connectivity index (χ3v) is 5.64. The molecule has 30 heavy (non-hydrogen) atoms. The molecule has 4 rings (SSSR count). The molecule has 4 amide bonds. The summed E-state index contributed by atoms with van der Waals surface area (Å²) in [5.74, 6) is 0.265. The van der Waals surface area contributed by atoms with Gasteiger partial charge in [0.2, 0.25) is 5.91 Å². The first-order valence-corrected chi connectivity index (χ1v) is 9.93. The summed E-state index contributed by atoms with van der Waals surface area (Å²) in [5.41, 5.74) is 1.78. The van der Waals surface area contributed by atoms with Crippen LogP contribution in [0.2, 0.25) is 5.02 Å². The van der Waals surface area contributed by atoms with Crippen LogP contribution in [0.1, 0.15) is 23.8 Å². The molecule has 1 atom stereocenters. The zero-order valence-corrected chi connectivity index (χ0v) is 17.1. The van der Waals surface area contributed by atoms with Gasteiger partial charge in [0, 0.05) is 25.0 Å². The van der Waals surface area contributed by atoms with Crippen molar-refractivity contribution >= 4 is 29.4 Å². The van der Waals surface area contributed by atoms with Gasteiger partial charge in [-0.25, -0.2) is 4.79 Å². The van der Waals surface area contributed by atoms with Gasteiger partial charge >= 0.3 is 6.03 Å². The van der Waals surface area contributed by atoms with Crippen molar-refractivity contribution in [2.45, 2.75) is 19.0 Å². The van der Waals surface area contributed by atoms with Gasteiger partial charge in [0.05, 0.1) is 36.7 Å². The van der Waals surface area contributed by atoms with Crippen LogP contribution in [0.4, 0.5) is 4.79 Å². The van der Waals surface area contributed by atoms with E-state index < -0.39 is 6.04 Å². The number of urea groups is 1. The second kappa shape index (κ2) is 8.23. The van der Waals surface area contributed by atoms with Gasteiger partial charge in [-0.3, -0.25) is 14.5 Å². The minimum atomic E-state index is -0.623. The average Bonchev–Trinajstić information content (AvgIpc) is 3.36. The smallest absolute Gasteiger partial charge is 0.322 e. The van der Waals surface area contributed by atoms with E-state index in [0.717, 1.165) is 0 Å². The van der Waals surface area contributed by atoms with Crippen molar-refractivity contribution in [1.29, 1.82) is 0 Å². The summed E-state index contributed by atoms with van der Waals surface area (Å²) in [6.45, 7) is 0.807. The molecule has 0 unspecified atom stereocenters. The zero-order valence-electron chi connectivity index (χ0n) is 16.4. The fourth-order valence-electron chi connectivity index (χ4n) is 3.67. The van der Waals surface area contributed by atoms with Crippen LogP contribution in [0.15, 0.2) is 58.3 Å². The van der Waals surface area contributed by atoms with E-state index in [1.165, 1.54) is 4.90 Å². The highest BCUT2D eigenvalue weighted by Crippen LogP contribution is 2.37. The van der Waals surface area contributed by atoms with Crippen molar-refractivity contribution in [3.05, 3.63) is 70.3 Å². The number of likely N-dealkylation sites (N-methyl/N-ethyl adjacent to an activating group) is 1. The molecule has 0 fully saturated rings. The number of nitrogens with zero attached hydrogens (tertiary/aromatic N) is 2. The maximum atomic E-state index is 13.1. The number of carbonyl (C=O) groups excluding carboxylic acids is 3. The maximum Gasteiger partial charge on any atom is 0.322 e. The lowest BCUT2D eigenvalue weighted by Gasteiger charge is -2.31. The first-order chi connectivity index (χ1) is 14.5. The molecule has 0 aliphatic carbocycles. The van der Waals surface area contributed by atoms with Crippen molar-refractivity contribution in [2.75, 3.05) is 20.1 Å².